The zero-order chi connectivity index (χ0) is 19.5. The Hall–Kier alpha value is -3.12. The number of nitrogens with zero attached hydrogens (tertiary/aromatic N) is 2. The zero-order valence-corrected chi connectivity index (χ0v) is 15.2. The van der Waals surface area contributed by atoms with E-state index in [4.69, 9.17) is 0 Å². The van der Waals surface area contributed by atoms with Crippen molar-refractivity contribution in [3.63, 3.8) is 0 Å². The number of hydrogen-bond donors (Lipinski definition) is 1. The molecule has 0 spiro atoms. The molecule has 1 aliphatic rings. The Morgan fingerprint density at radius 2 is 1.93 bits per heavy atom. The van der Waals surface area contributed by atoms with Gasteiger partial charge in [0.05, 0.1) is 17.4 Å². The average Bonchev–Trinajstić information content (AvgIpc) is 2.68. The van der Waals surface area contributed by atoms with Gasteiger partial charge in [-0.3, -0.25) is 14.7 Å². The van der Waals surface area contributed by atoms with Crippen LogP contribution in [-0.4, -0.2) is 22.3 Å². The third kappa shape index (κ3) is 3.92. The minimum Gasteiger partial charge on any atom is -0.320 e. The van der Waals surface area contributed by atoms with Gasteiger partial charge < -0.3 is 5.32 Å². The van der Waals surface area contributed by atoms with E-state index in [1.807, 2.05) is 18.2 Å². The van der Waals surface area contributed by atoms with Crippen molar-refractivity contribution >= 4 is 11.6 Å². The van der Waals surface area contributed by atoms with Gasteiger partial charge in [0.1, 0.15) is 11.6 Å². The Labute approximate surface area is 161 Å². The van der Waals surface area contributed by atoms with Crippen LogP contribution in [0.3, 0.4) is 0 Å². The summed E-state index contributed by atoms with van der Waals surface area (Å²) in [7, 11) is 0. The third-order valence-corrected chi connectivity index (χ3v) is 4.89. The van der Waals surface area contributed by atoms with Gasteiger partial charge in [-0.25, -0.2) is 8.78 Å². The maximum absolute atomic E-state index is 13.9. The molecule has 2 heterocycles. The molecule has 0 aliphatic carbocycles. The molecule has 0 unspecified atom stereocenters. The highest BCUT2D eigenvalue weighted by molar-refractivity contribution is 6.04. The van der Waals surface area contributed by atoms with Crippen LogP contribution in [0.4, 0.5) is 14.5 Å². The molecule has 1 aliphatic heterocycles. The van der Waals surface area contributed by atoms with Crippen molar-refractivity contribution in [3.8, 4) is 0 Å². The van der Waals surface area contributed by atoms with E-state index in [-0.39, 0.29) is 5.56 Å². The number of rotatable bonds is 4. The highest BCUT2D eigenvalue weighted by atomic mass is 19.1. The number of pyridine rings is 1. The molecule has 2 aromatic carbocycles. The van der Waals surface area contributed by atoms with Crippen molar-refractivity contribution in [1.29, 1.82) is 0 Å². The number of anilines is 1. The summed E-state index contributed by atoms with van der Waals surface area (Å²) < 4.78 is 26.9. The van der Waals surface area contributed by atoms with Crippen molar-refractivity contribution in [3.05, 3.63) is 94.8 Å². The molecular weight excluding hydrogens is 360 g/mol. The van der Waals surface area contributed by atoms with E-state index in [0.717, 1.165) is 49.3 Å². The van der Waals surface area contributed by atoms with Gasteiger partial charge >= 0.3 is 0 Å². The normalized spacial score (nSPS) is 13.8. The molecule has 0 saturated heterocycles. The fourth-order valence-electron chi connectivity index (χ4n) is 3.50. The summed E-state index contributed by atoms with van der Waals surface area (Å²) in [6.07, 6.45) is 4.14. The molecule has 6 heteroatoms. The average molecular weight is 379 g/mol. The summed E-state index contributed by atoms with van der Waals surface area (Å²) >= 11 is 0. The van der Waals surface area contributed by atoms with Crippen LogP contribution in [0.25, 0.3) is 0 Å². The van der Waals surface area contributed by atoms with Crippen molar-refractivity contribution in [1.82, 2.24) is 9.88 Å². The van der Waals surface area contributed by atoms with E-state index >= 15 is 0 Å². The predicted octanol–water partition coefficient (Wildman–Crippen LogP) is 4.17. The topological polar surface area (TPSA) is 45.2 Å². The fourth-order valence-corrected chi connectivity index (χ4v) is 3.50. The van der Waals surface area contributed by atoms with E-state index in [2.05, 4.69) is 27.3 Å². The maximum Gasteiger partial charge on any atom is 0.258 e. The lowest BCUT2D eigenvalue weighted by atomic mass is 9.99. The van der Waals surface area contributed by atoms with Crippen molar-refractivity contribution in [2.45, 2.75) is 19.5 Å². The minimum atomic E-state index is -0.885. The second-order valence-corrected chi connectivity index (χ2v) is 6.85. The van der Waals surface area contributed by atoms with E-state index in [1.54, 1.807) is 12.4 Å². The SMILES string of the molecule is O=C(Nc1cncc2c1CCN(Cc1ccccc1)C2)c1ccc(F)cc1F. The molecule has 1 N–H and O–H groups in total. The first-order valence-corrected chi connectivity index (χ1v) is 9.08. The Kier molecular flexibility index (Phi) is 5.12. The molecule has 0 bridgehead atoms. The van der Waals surface area contributed by atoms with Crippen LogP contribution < -0.4 is 5.32 Å². The maximum atomic E-state index is 13.9. The second-order valence-electron chi connectivity index (χ2n) is 6.85. The molecule has 0 radical (unpaired) electrons. The number of benzene rings is 2. The third-order valence-electron chi connectivity index (χ3n) is 4.89. The van der Waals surface area contributed by atoms with Gasteiger partial charge in [-0.1, -0.05) is 30.3 Å². The summed E-state index contributed by atoms with van der Waals surface area (Å²) in [6.45, 7) is 2.42. The highest BCUT2D eigenvalue weighted by Gasteiger charge is 2.21. The molecule has 0 saturated carbocycles. The Morgan fingerprint density at radius 1 is 1.11 bits per heavy atom. The molecule has 0 atom stereocenters. The zero-order valence-electron chi connectivity index (χ0n) is 15.2. The van der Waals surface area contributed by atoms with Gasteiger partial charge in [-0.2, -0.15) is 0 Å². The van der Waals surface area contributed by atoms with Crippen LogP contribution in [0.2, 0.25) is 0 Å². The lowest BCUT2D eigenvalue weighted by molar-refractivity contribution is 0.102. The molecule has 1 aromatic heterocycles. The Morgan fingerprint density at radius 3 is 2.71 bits per heavy atom. The number of hydrogen-bond acceptors (Lipinski definition) is 3. The molecule has 4 nitrogen and oxygen atoms in total. The standard InChI is InChI=1S/C22H19F2N3O/c23-17-6-7-19(20(24)10-17)22(28)26-21-12-25-11-16-14-27(9-8-18(16)21)13-15-4-2-1-3-5-15/h1-7,10-12H,8-9,13-14H2,(H,26,28). The van der Waals surface area contributed by atoms with Crippen LogP contribution >= 0.6 is 0 Å². The summed E-state index contributed by atoms with van der Waals surface area (Å²) in [6, 6.07) is 13.2. The van der Waals surface area contributed by atoms with Crippen LogP contribution in [0, 0.1) is 11.6 Å². The first kappa shape index (κ1) is 18.3. The summed E-state index contributed by atoms with van der Waals surface area (Å²) in [5.74, 6) is -2.21. The quantitative estimate of drug-likeness (QED) is 0.740. The van der Waals surface area contributed by atoms with E-state index in [0.29, 0.717) is 11.8 Å². The van der Waals surface area contributed by atoms with Crippen molar-refractivity contribution < 1.29 is 13.6 Å². The summed E-state index contributed by atoms with van der Waals surface area (Å²) in [5, 5.41) is 2.73. The van der Waals surface area contributed by atoms with Gasteiger partial charge in [0.2, 0.25) is 0 Å². The van der Waals surface area contributed by atoms with E-state index in [1.165, 1.54) is 5.56 Å². The van der Waals surface area contributed by atoms with Gasteiger partial charge in [0.15, 0.2) is 0 Å². The van der Waals surface area contributed by atoms with E-state index in [9.17, 15) is 13.6 Å². The molecule has 142 valence electrons. The Bertz CT molecular complexity index is 1010. The number of nitrogens with one attached hydrogen (secondary N) is 1. The number of fused-ring (bicyclic) bond motifs is 1. The number of carbonyl (C=O) groups is 1. The fraction of sp³-hybridized carbons (Fsp3) is 0.182. The minimum absolute atomic E-state index is 0.194. The molecular formula is C22H19F2N3O. The largest absolute Gasteiger partial charge is 0.320 e. The van der Waals surface area contributed by atoms with Crippen molar-refractivity contribution in [2.75, 3.05) is 11.9 Å². The summed E-state index contributed by atoms with van der Waals surface area (Å²) in [4.78, 5) is 19.0. The lowest BCUT2D eigenvalue weighted by Crippen LogP contribution is -2.31. The molecule has 4 rings (SSSR count). The van der Waals surface area contributed by atoms with Gasteiger partial charge in [0.25, 0.3) is 5.91 Å². The first-order valence-electron chi connectivity index (χ1n) is 9.08. The predicted molar refractivity (Wildman–Crippen MR) is 103 cm³/mol. The van der Waals surface area contributed by atoms with Crippen LogP contribution in [-0.2, 0) is 19.5 Å². The second kappa shape index (κ2) is 7.86. The van der Waals surface area contributed by atoms with Crippen LogP contribution in [0.5, 0.6) is 0 Å². The van der Waals surface area contributed by atoms with Gasteiger partial charge in [0, 0.05) is 31.9 Å². The highest BCUT2D eigenvalue weighted by Crippen LogP contribution is 2.26. The van der Waals surface area contributed by atoms with Gasteiger partial charge in [-0.05, 0) is 35.2 Å². The number of aromatic nitrogens is 1. The Balaban J connectivity index is 1.50. The first-order chi connectivity index (χ1) is 13.6. The number of halogens is 2. The summed E-state index contributed by atoms with van der Waals surface area (Å²) in [5.41, 5.74) is 3.68. The number of amides is 1. The number of carbonyl (C=O) groups excluding carboxylic acids is 1. The molecule has 28 heavy (non-hydrogen) atoms. The van der Waals surface area contributed by atoms with Gasteiger partial charge in [-0.15, -0.1) is 0 Å². The van der Waals surface area contributed by atoms with Crippen LogP contribution in [0.1, 0.15) is 27.0 Å². The molecule has 1 amide bonds. The molecule has 3 aromatic rings. The smallest absolute Gasteiger partial charge is 0.258 e. The van der Waals surface area contributed by atoms with E-state index < -0.39 is 17.5 Å². The lowest BCUT2D eigenvalue weighted by Gasteiger charge is -2.29. The molecule has 0 fully saturated rings. The van der Waals surface area contributed by atoms with Crippen molar-refractivity contribution in [2.24, 2.45) is 0 Å². The van der Waals surface area contributed by atoms with Crippen LogP contribution in [0.15, 0.2) is 60.9 Å². The monoisotopic (exact) mass is 379 g/mol.